The first-order chi connectivity index (χ1) is 13.6. The highest BCUT2D eigenvalue weighted by atomic mass is 35.5. The minimum absolute atomic E-state index is 0.0303. The van der Waals surface area contributed by atoms with Gasteiger partial charge in [-0.1, -0.05) is 41.9 Å². The van der Waals surface area contributed by atoms with Gasteiger partial charge in [-0.3, -0.25) is 9.69 Å². The second kappa shape index (κ2) is 10.8. The van der Waals surface area contributed by atoms with Crippen LogP contribution in [0.1, 0.15) is 24.0 Å². The number of carbonyl (C=O) groups is 1. The molecule has 28 heavy (non-hydrogen) atoms. The molecule has 1 unspecified atom stereocenters. The molecule has 0 radical (unpaired) electrons. The summed E-state index contributed by atoms with van der Waals surface area (Å²) >= 11 is 7.93. The van der Waals surface area contributed by atoms with Crippen LogP contribution in [-0.4, -0.2) is 36.2 Å². The average molecular weight is 421 g/mol. The van der Waals surface area contributed by atoms with Gasteiger partial charge in [-0.05, 0) is 48.7 Å². The van der Waals surface area contributed by atoms with Gasteiger partial charge in [0.15, 0.2) is 0 Å². The number of nitrogens with zero attached hydrogens (tertiary/aromatic N) is 1. The number of nitrogens with one attached hydrogen (secondary N) is 1. The fourth-order valence-corrected chi connectivity index (χ4v) is 4.59. The molecule has 2 aromatic rings. The standard InChI is InChI=1S/C22H26ClFN2OS/c23-21-6-2-1-4-19(21)16-28-13-11-25-22(27)18-5-3-12-26(15-18)14-17-7-9-20(24)10-8-17/h1-2,4,6-10,18H,3,5,11-16H2,(H,25,27). The number of hydrogen-bond acceptors (Lipinski definition) is 3. The number of thioether (sulfide) groups is 1. The van der Waals surface area contributed by atoms with Crippen LogP contribution < -0.4 is 5.32 Å². The molecule has 1 atom stereocenters. The fourth-order valence-electron chi connectivity index (χ4n) is 3.45. The van der Waals surface area contributed by atoms with Gasteiger partial charge in [0.2, 0.25) is 5.91 Å². The predicted octanol–water partition coefficient (Wildman–Crippen LogP) is 4.74. The van der Waals surface area contributed by atoms with Crippen molar-refractivity contribution in [3.05, 3.63) is 70.5 Å². The maximum Gasteiger partial charge on any atom is 0.224 e. The Hall–Kier alpha value is -1.56. The molecule has 1 saturated heterocycles. The number of likely N-dealkylation sites (tertiary alicyclic amines) is 1. The lowest BCUT2D eigenvalue weighted by Gasteiger charge is -2.32. The van der Waals surface area contributed by atoms with E-state index in [1.807, 2.05) is 36.4 Å². The lowest BCUT2D eigenvalue weighted by atomic mass is 9.96. The van der Waals surface area contributed by atoms with E-state index in [1.54, 1.807) is 11.8 Å². The van der Waals surface area contributed by atoms with E-state index in [4.69, 9.17) is 11.6 Å². The van der Waals surface area contributed by atoms with Crippen molar-refractivity contribution in [3.8, 4) is 0 Å². The van der Waals surface area contributed by atoms with Crippen molar-refractivity contribution in [2.75, 3.05) is 25.4 Å². The minimum atomic E-state index is -0.216. The summed E-state index contributed by atoms with van der Waals surface area (Å²) in [4.78, 5) is 14.8. The molecule has 1 N–H and O–H groups in total. The third-order valence-corrected chi connectivity index (χ3v) is 6.33. The van der Waals surface area contributed by atoms with Crippen LogP contribution in [-0.2, 0) is 17.1 Å². The summed E-state index contributed by atoms with van der Waals surface area (Å²) in [6, 6.07) is 14.5. The molecule has 0 bridgehead atoms. The average Bonchev–Trinajstić information content (AvgIpc) is 2.71. The van der Waals surface area contributed by atoms with Crippen LogP contribution in [0, 0.1) is 11.7 Å². The van der Waals surface area contributed by atoms with Gasteiger partial charge in [0.1, 0.15) is 5.82 Å². The zero-order chi connectivity index (χ0) is 19.8. The lowest BCUT2D eigenvalue weighted by Crippen LogP contribution is -2.43. The fraction of sp³-hybridized carbons (Fsp3) is 0.409. The molecule has 1 aliphatic heterocycles. The molecule has 3 rings (SSSR count). The maximum atomic E-state index is 13.0. The summed E-state index contributed by atoms with van der Waals surface area (Å²) in [7, 11) is 0. The van der Waals surface area contributed by atoms with Crippen molar-refractivity contribution >= 4 is 29.3 Å². The van der Waals surface area contributed by atoms with E-state index in [-0.39, 0.29) is 17.6 Å². The van der Waals surface area contributed by atoms with Crippen molar-refractivity contribution in [2.45, 2.75) is 25.1 Å². The van der Waals surface area contributed by atoms with E-state index in [2.05, 4.69) is 10.2 Å². The van der Waals surface area contributed by atoms with Crippen molar-refractivity contribution in [2.24, 2.45) is 5.92 Å². The zero-order valence-electron chi connectivity index (χ0n) is 15.9. The smallest absolute Gasteiger partial charge is 0.224 e. The molecule has 0 saturated carbocycles. The monoisotopic (exact) mass is 420 g/mol. The number of hydrogen-bond donors (Lipinski definition) is 1. The Labute approximate surface area is 175 Å². The van der Waals surface area contributed by atoms with Gasteiger partial charge < -0.3 is 5.32 Å². The van der Waals surface area contributed by atoms with Crippen LogP contribution >= 0.6 is 23.4 Å². The van der Waals surface area contributed by atoms with Gasteiger partial charge in [0.05, 0.1) is 5.92 Å². The highest BCUT2D eigenvalue weighted by molar-refractivity contribution is 7.98. The summed E-state index contributed by atoms with van der Waals surface area (Å²) in [6.45, 7) is 3.17. The molecule has 1 heterocycles. The molecule has 1 amide bonds. The number of piperidine rings is 1. The van der Waals surface area contributed by atoms with E-state index in [0.29, 0.717) is 6.54 Å². The molecule has 0 spiro atoms. The second-order valence-corrected chi connectivity index (χ2v) is 8.65. The first kappa shape index (κ1) is 21.2. The third-order valence-electron chi connectivity index (χ3n) is 4.96. The van der Waals surface area contributed by atoms with Crippen LogP contribution in [0.5, 0.6) is 0 Å². The predicted molar refractivity (Wildman–Crippen MR) is 115 cm³/mol. The Bertz CT molecular complexity index is 771. The van der Waals surface area contributed by atoms with Crippen molar-refractivity contribution in [3.63, 3.8) is 0 Å². The zero-order valence-corrected chi connectivity index (χ0v) is 17.4. The SMILES string of the molecule is O=C(NCCSCc1ccccc1Cl)C1CCCN(Cc2ccc(F)cc2)C1. The van der Waals surface area contributed by atoms with Crippen LogP contribution in [0.3, 0.4) is 0 Å². The van der Waals surface area contributed by atoms with Gasteiger partial charge in [0.25, 0.3) is 0 Å². The summed E-state index contributed by atoms with van der Waals surface area (Å²) in [5.74, 6) is 1.67. The highest BCUT2D eigenvalue weighted by Crippen LogP contribution is 2.21. The minimum Gasteiger partial charge on any atom is -0.355 e. The normalized spacial score (nSPS) is 17.4. The van der Waals surface area contributed by atoms with Gasteiger partial charge in [-0.15, -0.1) is 0 Å². The molecule has 3 nitrogen and oxygen atoms in total. The van der Waals surface area contributed by atoms with Crippen LogP contribution in [0.2, 0.25) is 5.02 Å². The second-order valence-electron chi connectivity index (χ2n) is 7.14. The summed E-state index contributed by atoms with van der Waals surface area (Å²) in [5.41, 5.74) is 2.21. The Morgan fingerprint density at radius 1 is 1.21 bits per heavy atom. The molecule has 150 valence electrons. The summed E-state index contributed by atoms with van der Waals surface area (Å²) in [5, 5.41) is 3.87. The number of benzene rings is 2. The maximum absolute atomic E-state index is 13.0. The Morgan fingerprint density at radius 3 is 2.79 bits per heavy atom. The molecule has 0 aliphatic carbocycles. The molecular weight excluding hydrogens is 395 g/mol. The van der Waals surface area contributed by atoms with Gasteiger partial charge in [0, 0.05) is 36.2 Å². The van der Waals surface area contributed by atoms with Crippen molar-refractivity contribution < 1.29 is 9.18 Å². The summed E-state index contributed by atoms with van der Waals surface area (Å²) in [6.07, 6.45) is 1.94. The van der Waals surface area contributed by atoms with E-state index < -0.39 is 0 Å². The first-order valence-corrected chi connectivity index (χ1v) is 11.2. The molecule has 0 aromatic heterocycles. The van der Waals surface area contributed by atoms with Crippen molar-refractivity contribution in [1.82, 2.24) is 10.2 Å². The van der Waals surface area contributed by atoms with Gasteiger partial charge in [-0.2, -0.15) is 11.8 Å². The molecule has 1 aliphatic rings. The Kier molecular flexibility index (Phi) is 8.19. The number of carbonyl (C=O) groups excluding carboxylic acids is 1. The van der Waals surface area contributed by atoms with Crippen molar-refractivity contribution in [1.29, 1.82) is 0 Å². The van der Waals surface area contributed by atoms with Crippen LogP contribution in [0.25, 0.3) is 0 Å². The largest absolute Gasteiger partial charge is 0.355 e. The first-order valence-electron chi connectivity index (χ1n) is 9.67. The molecule has 2 aromatic carbocycles. The number of halogens is 2. The highest BCUT2D eigenvalue weighted by Gasteiger charge is 2.25. The third kappa shape index (κ3) is 6.50. The van der Waals surface area contributed by atoms with Crippen LogP contribution in [0.4, 0.5) is 4.39 Å². The summed E-state index contributed by atoms with van der Waals surface area (Å²) < 4.78 is 13.0. The molecule has 6 heteroatoms. The van der Waals surface area contributed by atoms with E-state index in [9.17, 15) is 9.18 Å². The molecule has 1 fully saturated rings. The van der Waals surface area contributed by atoms with E-state index >= 15 is 0 Å². The lowest BCUT2D eigenvalue weighted by molar-refractivity contribution is -0.126. The quantitative estimate of drug-likeness (QED) is 0.626. The van der Waals surface area contributed by atoms with Gasteiger partial charge in [-0.25, -0.2) is 4.39 Å². The number of rotatable bonds is 8. The Morgan fingerprint density at radius 2 is 2.00 bits per heavy atom. The van der Waals surface area contributed by atoms with Crippen LogP contribution in [0.15, 0.2) is 48.5 Å². The van der Waals surface area contributed by atoms with Gasteiger partial charge >= 0.3 is 0 Å². The Balaban J connectivity index is 1.36. The topological polar surface area (TPSA) is 32.3 Å². The molecular formula is C22H26ClFN2OS. The number of amides is 1. The van der Waals surface area contributed by atoms with E-state index in [0.717, 1.165) is 60.1 Å². The van der Waals surface area contributed by atoms with E-state index in [1.165, 1.54) is 12.1 Å².